The number of benzene rings is 1. The fraction of sp³-hybridized carbons (Fsp3) is 0.222. The van der Waals surface area contributed by atoms with Crippen LogP contribution in [0.15, 0.2) is 47.8 Å². The summed E-state index contributed by atoms with van der Waals surface area (Å²) >= 11 is 1.50. The van der Waals surface area contributed by atoms with Crippen LogP contribution in [0.1, 0.15) is 22.3 Å². The highest BCUT2D eigenvalue weighted by atomic mass is 32.2. The fourth-order valence-electron chi connectivity index (χ4n) is 2.60. The summed E-state index contributed by atoms with van der Waals surface area (Å²) in [5.74, 6) is -1.35. The van der Waals surface area contributed by atoms with Gasteiger partial charge in [0.25, 0.3) is 5.91 Å². The highest BCUT2D eigenvalue weighted by Gasteiger charge is 2.20. The van der Waals surface area contributed by atoms with Crippen LogP contribution < -0.4 is 5.32 Å². The van der Waals surface area contributed by atoms with Gasteiger partial charge in [0.2, 0.25) is 0 Å². The normalized spacial score (nSPS) is 10.8. The molecule has 8 nitrogen and oxygen atoms in total. The van der Waals surface area contributed by atoms with Crippen molar-refractivity contribution in [2.45, 2.75) is 17.9 Å². The van der Waals surface area contributed by atoms with E-state index < -0.39 is 18.4 Å². The molecule has 0 saturated heterocycles. The third-order valence-electron chi connectivity index (χ3n) is 3.83. The van der Waals surface area contributed by atoms with Crippen molar-refractivity contribution < 1.29 is 19.8 Å². The number of aromatic hydroxyl groups is 1. The fourth-order valence-corrected chi connectivity index (χ4v) is 3.55. The predicted molar refractivity (Wildman–Crippen MR) is 100 cm³/mol. The minimum absolute atomic E-state index is 0.0950. The average molecular weight is 386 g/mol. The standard InChI is InChI=1S/C18H18N4O4S/c23-13-9-14(27-8-4-7-12-5-2-1-3-6-12)22-17(20-11-21-22)16(13)18(26)19-10-15(24)25/h1-3,5-6,9,11,23H,4,7-8,10H2,(H,19,26)(H,24,25). The van der Waals surface area contributed by atoms with E-state index in [0.29, 0.717) is 5.03 Å². The van der Waals surface area contributed by atoms with Gasteiger partial charge < -0.3 is 15.5 Å². The van der Waals surface area contributed by atoms with Crippen LogP contribution in [-0.2, 0) is 11.2 Å². The first-order valence-corrected chi connectivity index (χ1v) is 9.27. The third kappa shape index (κ3) is 4.56. The van der Waals surface area contributed by atoms with Gasteiger partial charge in [0.15, 0.2) is 5.65 Å². The minimum Gasteiger partial charge on any atom is -0.507 e. The SMILES string of the molecule is O=C(O)CNC(=O)c1c(O)cc(SCCCc2ccccc2)n2ncnc12. The number of amides is 1. The molecule has 3 rings (SSSR count). The van der Waals surface area contributed by atoms with E-state index in [0.717, 1.165) is 18.6 Å². The minimum atomic E-state index is -1.18. The second kappa shape index (κ2) is 8.54. The number of rotatable bonds is 8. The molecule has 0 atom stereocenters. The van der Waals surface area contributed by atoms with Gasteiger partial charge in [-0.2, -0.15) is 5.10 Å². The molecule has 0 radical (unpaired) electrons. The van der Waals surface area contributed by atoms with Crippen molar-refractivity contribution in [3.63, 3.8) is 0 Å². The summed E-state index contributed by atoms with van der Waals surface area (Å²) in [6.07, 6.45) is 3.17. The van der Waals surface area contributed by atoms with Crippen molar-refractivity contribution in [2.75, 3.05) is 12.3 Å². The van der Waals surface area contributed by atoms with E-state index in [4.69, 9.17) is 5.11 Å². The number of aliphatic carboxylic acids is 1. The van der Waals surface area contributed by atoms with E-state index in [2.05, 4.69) is 27.5 Å². The van der Waals surface area contributed by atoms with Crippen LogP contribution in [0.25, 0.3) is 5.65 Å². The van der Waals surface area contributed by atoms with E-state index in [1.54, 1.807) is 0 Å². The Balaban J connectivity index is 1.72. The Bertz CT molecular complexity index is 959. The van der Waals surface area contributed by atoms with E-state index >= 15 is 0 Å². The number of thioether (sulfide) groups is 1. The summed E-state index contributed by atoms with van der Waals surface area (Å²) in [7, 11) is 0. The monoisotopic (exact) mass is 386 g/mol. The Morgan fingerprint density at radius 3 is 2.74 bits per heavy atom. The Kier molecular flexibility index (Phi) is 5.92. The highest BCUT2D eigenvalue weighted by Crippen LogP contribution is 2.29. The number of carbonyl (C=O) groups is 2. The van der Waals surface area contributed by atoms with Gasteiger partial charge in [0.05, 0.1) is 0 Å². The smallest absolute Gasteiger partial charge is 0.322 e. The van der Waals surface area contributed by atoms with Crippen molar-refractivity contribution in [3.8, 4) is 5.75 Å². The van der Waals surface area contributed by atoms with Crippen LogP contribution in [0.3, 0.4) is 0 Å². The molecule has 2 aromatic heterocycles. The molecule has 1 amide bonds. The summed E-state index contributed by atoms with van der Waals surface area (Å²) in [5, 5.41) is 26.0. The van der Waals surface area contributed by atoms with Gasteiger partial charge >= 0.3 is 5.97 Å². The van der Waals surface area contributed by atoms with Crippen LogP contribution in [-0.4, -0.2) is 49.0 Å². The maximum Gasteiger partial charge on any atom is 0.322 e. The number of carboxylic acids is 1. The largest absolute Gasteiger partial charge is 0.507 e. The van der Waals surface area contributed by atoms with Crippen LogP contribution in [0.5, 0.6) is 5.75 Å². The lowest BCUT2D eigenvalue weighted by Gasteiger charge is -2.10. The zero-order valence-electron chi connectivity index (χ0n) is 14.3. The van der Waals surface area contributed by atoms with E-state index in [-0.39, 0.29) is 17.0 Å². The van der Waals surface area contributed by atoms with Gasteiger partial charge in [-0.25, -0.2) is 9.50 Å². The first-order valence-electron chi connectivity index (χ1n) is 8.28. The molecule has 0 spiro atoms. The van der Waals surface area contributed by atoms with Crippen LogP contribution >= 0.6 is 11.8 Å². The zero-order chi connectivity index (χ0) is 19.2. The van der Waals surface area contributed by atoms with Crippen molar-refractivity contribution in [1.82, 2.24) is 19.9 Å². The Labute approximate surface area is 159 Å². The molecule has 1 aromatic carbocycles. The van der Waals surface area contributed by atoms with Crippen molar-refractivity contribution in [3.05, 3.63) is 53.9 Å². The zero-order valence-corrected chi connectivity index (χ0v) is 15.1. The predicted octanol–water partition coefficient (Wildman–Crippen LogP) is 1.97. The van der Waals surface area contributed by atoms with Crippen molar-refractivity contribution in [1.29, 1.82) is 0 Å². The maximum atomic E-state index is 12.2. The number of hydrogen-bond donors (Lipinski definition) is 3. The average Bonchev–Trinajstić information content (AvgIpc) is 3.13. The number of aromatic nitrogens is 3. The van der Waals surface area contributed by atoms with Crippen LogP contribution in [0.4, 0.5) is 0 Å². The summed E-state index contributed by atoms with van der Waals surface area (Å²) < 4.78 is 1.47. The molecule has 0 fully saturated rings. The molecular weight excluding hydrogens is 368 g/mol. The first-order chi connectivity index (χ1) is 13.1. The Morgan fingerprint density at radius 1 is 1.22 bits per heavy atom. The van der Waals surface area contributed by atoms with Gasteiger partial charge in [0.1, 0.15) is 29.2 Å². The molecule has 3 aromatic rings. The summed E-state index contributed by atoms with van der Waals surface area (Å²) in [6, 6.07) is 11.6. The van der Waals surface area contributed by atoms with Gasteiger partial charge in [-0.1, -0.05) is 30.3 Å². The molecule has 140 valence electrons. The van der Waals surface area contributed by atoms with Gasteiger partial charge in [-0.3, -0.25) is 9.59 Å². The molecule has 0 bridgehead atoms. The van der Waals surface area contributed by atoms with Crippen molar-refractivity contribution in [2.24, 2.45) is 0 Å². The van der Waals surface area contributed by atoms with Crippen molar-refractivity contribution >= 4 is 29.3 Å². The maximum absolute atomic E-state index is 12.2. The second-order valence-electron chi connectivity index (χ2n) is 5.75. The number of carboxylic acid groups (broad SMARTS) is 1. The summed E-state index contributed by atoms with van der Waals surface area (Å²) in [5.41, 5.74) is 1.35. The molecule has 0 saturated carbocycles. The first kappa shape index (κ1) is 18.7. The lowest BCUT2D eigenvalue weighted by atomic mass is 10.1. The third-order valence-corrected chi connectivity index (χ3v) is 4.91. The molecule has 0 aliphatic carbocycles. The number of nitrogens with zero attached hydrogens (tertiary/aromatic N) is 3. The molecule has 3 N–H and O–H groups in total. The Morgan fingerprint density at radius 2 is 2.00 bits per heavy atom. The second-order valence-corrected chi connectivity index (χ2v) is 6.87. The number of carbonyl (C=O) groups excluding carboxylic acids is 1. The summed E-state index contributed by atoms with van der Waals surface area (Å²) in [4.78, 5) is 26.8. The number of pyridine rings is 1. The number of aryl methyl sites for hydroxylation is 1. The summed E-state index contributed by atoms with van der Waals surface area (Å²) in [6.45, 7) is -0.547. The van der Waals surface area contributed by atoms with Gasteiger partial charge in [-0.05, 0) is 24.2 Å². The van der Waals surface area contributed by atoms with E-state index in [9.17, 15) is 14.7 Å². The lowest BCUT2D eigenvalue weighted by molar-refractivity contribution is -0.135. The lowest BCUT2D eigenvalue weighted by Crippen LogP contribution is -2.29. The Hall–Kier alpha value is -3.07. The topological polar surface area (TPSA) is 117 Å². The van der Waals surface area contributed by atoms with E-state index in [1.807, 2.05) is 18.2 Å². The molecule has 9 heteroatoms. The van der Waals surface area contributed by atoms with Gasteiger partial charge in [-0.15, -0.1) is 11.8 Å². The molecular formula is C18H18N4O4S. The van der Waals surface area contributed by atoms with E-state index in [1.165, 1.54) is 34.2 Å². The molecule has 0 aliphatic rings. The number of hydrogen-bond acceptors (Lipinski definition) is 6. The molecule has 0 aliphatic heterocycles. The molecule has 0 unspecified atom stereocenters. The number of fused-ring (bicyclic) bond motifs is 1. The van der Waals surface area contributed by atoms with Crippen LogP contribution in [0.2, 0.25) is 0 Å². The molecule has 27 heavy (non-hydrogen) atoms. The highest BCUT2D eigenvalue weighted by molar-refractivity contribution is 7.99. The van der Waals surface area contributed by atoms with Crippen LogP contribution in [0, 0.1) is 0 Å². The quantitative estimate of drug-likeness (QED) is 0.400. The van der Waals surface area contributed by atoms with Gasteiger partial charge in [0, 0.05) is 6.07 Å². The number of nitrogens with one attached hydrogen (secondary N) is 1. The molecule has 2 heterocycles.